The van der Waals surface area contributed by atoms with E-state index < -0.39 is 0 Å². The molecule has 2 heteroatoms. The summed E-state index contributed by atoms with van der Waals surface area (Å²) in [7, 11) is 0. The van der Waals surface area contributed by atoms with Crippen molar-refractivity contribution in [3.05, 3.63) is 81.4 Å². The van der Waals surface area contributed by atoms with E-state index in [-0.39, 0.29) is 0 Å². The number of hydrogen-bond donors (Lipinski definition) is 0. The van der Waals surface area contributed by atoms with Gasteiger partial charge in [0.15, 0.2) is 0 Å². The van der Waals surface area contributed by atoms with E-state index in [1.54, 1.807) is 0 Å². The van der Waals surface area contributed by atoms with Gasteiger partial charge in [-0.1, -0.05) is 71.2 Å². The van der Waals surface area contributed by atoms with Crippen molar-refractivity contribution in [2.24, 2.45) is 0 Å². The maximum Gasteiger partial charge on any atom is 0.0519 e. The second kappa shape index (κ2) is 6.09. The Balaban J connectivity index is 2.02. The molecule has 3 rings (SSSR count). The van der Waals surface area contributed by atoms with E-state index in [2.05, 4.69) is 37.3 Å². The fraction of sp³-hybridized carbons (Fsp3) is 0.158. The van der Waals surface area contributed by atoms with E-state index >= 15 is 0 Å². The first-order valence-electron chi connectivity index (χ1n) is 7.07. The molecule has 0 nitrogen and oxygen atoms in total. The summed E-state index contributed by atoms with van der Waals surface area (Å²) in [4.78, 5) is 0. The lowest BCUT2D eigenvalue weighted by Crippen LogP contribution is -1.97. The van der Waals surface area contributed by atoms with Gasteiger partial charge in [0.2, 0.25) is 0 Å². The first-order valence-corrected chi connectivity index (χ1v) is 7.83. The monoisotopic (exact) mass is 314 g/mol. The molecule has 0 bridgehead atoms. The first-order chi connectivity index (χ1) is 10.1. The van der Waals surface area contributed by atoms with E-state index in [1.165, 1.54) is 16.7 Å². The van der Waals surface area contributed by atoms with Crippen molar-refractivity contribution in [2.75, 3.05) is 0 Å². The largest absolute Gasteiger partial charge is 0.0843 e. The lowest BCUT2D eigenvalue weighted by atomic mass is 9.90. The molecular formula is C19H16Cl2. The van der Waals surface area contributed by atoms with Crippen molar-refractivity contribution in [1.82, 2.24) is 0 Å². The molecule has 0 amide bonds. The summed E-state index contributed by atoms with van der Waals surface area (Å²) in [6.07, 6.45) is 4.21. The highest BCUT2D eigenvalue weighted by molar-refractivity contribution is 6.40. The van der Waals surface area contributed by atoms with Gasteiger partial charge in [0, 0.05) is 5.02 Å². The molecular weight excluding hydrogens is 299 g/mol. The smallest absolute Gasteiger partial charge is 0.0519 e. The fourth-order valence-electron chi connectivity index (χ4n) is 2.62. The molecule has 0 fully saturated rings. The molecule has 1 aliphatic rings. The SMILES string of the molecule is Cc1ccc(C2=CCCC(c3ccc(Cl)cc3)=C2Cl)cc1. The van der Waals surface area contributed by atoms with Gasteiger partial charge in [-0.15, -0.1) is 0 Å². The highest BCUT2D eigenvalue weighted by atomic mass is 35.5. The molecule has 21 heavy (non-hydrogen) atoms. The molecule has 0 radical (unpaired) electrons. The molecule has 0 saturated heterocycles. The zero-order valence-corrected chi connectivity index (χ0v) is 13.4. The predicted octanol–water partition coefficient (Wildman–Crippen LogP) is 6.48. The summed E-state index contributed by atoms with van der Waals surface area (Å²) in [6, 6.07) is 16.4. The van der Waals surface area contributed by atoms with Crippen LogP contribution in [0.5, 0.6) is 0 Å². The predicted molar refractivity (Wildman–Crippen MR) is 92.6 cm³/mol. The summed E-state index contributed by atoms with van der Waals surface area (Å²) >= 11 is 12.6. The molecule has 0 aliphatic heterocycles. The average Bonchev–Trinajstić information content (AvgIpc) is 2.50. The van der Waals surface area contributed by atoms with Crippen molar-refractivity contribution in [1.29, 1.82) is 0 Å². The molecule has 0 N–H and O–H groups in total. The Morgan fingerprint density at radius 1 is 0.810 bits per heavy atom. The molecule has 0 aromatic heterocycles. The van der Waals surface area contributed by atoms with Crippen LogP contribution in [0.25, 0.3) is 11.1 Å². The van der Waals surface area contributed by atoms with E-state index in [4.69, 9.17) is 23.2 Å². The standard InChI is InChI=1S/C19H16Cl2/c1-13-5-7-14(8-6-13)17-3-2-4-18(19(17)21)15-9-11-16(20)12-10-15/h3,5-12H,2,4H2,1H3. The van der Waals surface area contributed by atoms with Crippen LogP contribution in [-0.4, -0.2) is 0 Å². The highest BCUT2D eigenvalue weighted by Gasteiger charge is 2.17. The van der Waals surface area contributed by atoms with Crippen LogP contribution in [0.4, 0.5) is 0 Å². The van der Waals surface area contributed by atoms with E-state index in [1.807, 2.05) is 24.3 Å². The van der Waals surface area contributed by atoms with Gasteiger partial charge in [-0.25, -0.2) is 0 Å². The maximum absolute atomic E-state index is 6.68. The van der Waals surface area contributed by atoms with Crippen molar-refractivity contribution >= 4 is 34.3 Å². The van der Waals surface area contributed by atoms with Gasteiger partial charge in [0.05, 0.1) is 5.03 Å². The Kier molecular flexibility index (Phi) is 4.19. The van der Waals surface area contributed by atoms with Crippen LogP contribution in [0.2, 0.25) is 5.02 Å². The van der Waals surface area contributed by atoms with Crippen molar-refractivity contribution in [3.63, 3.8) is 0 Å². The van der Waals surface area contributed by atoms with Gasteiger partial charge in [0.25, 0.3) is 0 Å². The quantitative estimate of drug-likeness (QED) is 0.595. The summed E-state index contributed by atoms with van der Waals surface area (Å²) in [5.74, 6) is 0. The van der Waals surface area contributed by atoms with Gasteiger partial charge in [-0.3, -0.25) is 0 Å². The number of aryl methyl sites for hydroxylation is 1. The van der Waals surface area contributed by atoms with Gasteiger partial charge in [0.1, 0.15) is 0 Å². The van der Waals surface area contributed by atoms with Gasteiger partial charge >= 0.3 is 0 Å². The number of rotatable bonds is 2. The van der Waals surface area contributed by atoms with Crippen LogP contribution in [0.1, 0.15) is 29.5 Å². The highest BCUT2D eigenvalue weighted by Crippen LogP contribution is 2.39. The Bertz CT molecular complexity index is 704. The summed E-state index contributed by atoms with van der Waals surface area (Å²) in [5.41, 5.74) is 5.92. The molecule has 0 atom stereocenters. The van der Waals surface area contributed by atoms with Gasteiger partial charge < -0.3 is 0 Å². The second-order valence-electron chi connectivity index (χ2n) is 5.32. The van der Waals surface area contributed by atoms with Crippen molar-refractivity contribution in [2.45, 2.75) is 19.8 Å². The molecule has 0 heterocycles. The number of allylic oxidation sites excluding steroid dienone is 4. The number of hydrogen-bond acceptors (Lipinski definition) is 0. The van der Waals surface area contributed by atoms with Crippen LogP contribution in [-0.2, 0) is 0 Å². The third-order valence-corrected chi connectivity index (χ3v) is 4.48. The normalized spacial score (nSPS) is 15.1. The van der Waals surface area contributed by atoms with Crippen LogP contribution < -0.4 is 0 Å². The molecule has 0 spiro atoms. The summed E-state index contributed by atoms with van der Waals surface area (Å²) in [6.45, 7) is 2.09. The number of benzene rings is 2. The van der Waals surface area contributed by atoms with E-state index in [0.29, 0.717) is 0 Å². The third kappa shape index (κ3) is 3.07. The van der Waals surface area contributed by atoms with Crippen LogP contribution in [0, 0.1) is 6.92 Å². The van der Waals surface area contributed by atoms with Crippen LogP contribution >= 0.6 is 23.2 Å². The maximum atomic E-state index is 6.68. The minimum absolute atomic E-state index is 0.751. The topological polar surface area (TPSA) is 0 Å². The lowest BCUT2D eigenvalue weighted by molar-refractivity contribution is 1.05. The lowest BCUT2D eigenvalue weighted by Gasteiger charge is -2.19. The molecule has 106 valence electrons. The van der Waals surface area contributed by atoms with Crippen molar-refractivity contribution in [3.8, 4) is 0 Å². The zero-order chi connectivity index (χ0) is 14.8. The Labute approximate surface area is 135 Å². The van der Waals surface area contributed by atoms with Gasteiger partial charge in [-0.2, -0.15) is 0 Å². The average molecular weight is 315 g/mol. The minimum Gasteiger partial charge on any atom is -0.0843 e. The Morgan fingerprint density at radius 3 is 2.10 bits per heavy atom. The summed E-state index contributed by atoms with van der Waals surface area (Å²) < 4.78 is 0. The zero-order valence-electron chi connectivity index (χ0n) is 11.9. The van der Waals surface area contributed by atoms with E-state index in [0.717, 1.165) is 34.0 Å². The molecule has 0 saturated carbocycles. The molecule has 2 aromatic rings. The first kappa shape index (κ1) is 14.4. The minimum atomic E-state index is 0.751. The molecule has 1 aliphatic carbocycles. The molecule has 0 unspecified atom stereocenters. The van der Waals surface area contributed by atoms with Gasteiger partial charge in [-0.05, 0) is 54.2 Å². The number of halogens is 2. The fourth-order valence-corrected chi connectivity index (χ4v) is 3.14. The van der Waals surface area contributed by atoms with Crippen molar-refractivity contribution < 1.29 is 0 Å². The second-order valence-corrected chi connectivity index (χ2v) is 6.14. The Morgan fingerprint density at radius 2 is 1.43 bits per heavy atom. The Hall–Kier alpha value is -1.50. The third-order valence-electron chi connectivity index (χ3n) is 3.80. The van der Waals surface area contributed by atoms with Crippen LogP contribution in [0.3, 0.4) is 0 Å². The summed E-state index contributed by atoms with van der Waals surface area (Å²) in [5, 5.41) is 1.60. The molecule has 2 aromatic carbocycles. The van der Waals surface area contributed by atoms with Crippen LogP contribution in [0.15, 0.2) is 59.6 Å². The van der Waals surface area contributed by atoms with E-state index in [9.17, 15) is 0 Å².